The van der Waals surface area contributed by atoms with Gasteiger partial charge < -0.3 is 5.32 Å². The first-order valence-corrected chi connectivity index (χ1v) is 10.6. The number of rotatable bonds is 6. The van der Waals surface area contributed by atoms with Crippen LogP contribution >= 0.6 is 0 Å². The van der Waals surface area contributed by atoms with Crippen LogP contribution in [0, 0.1) is 0 Å². The summed E-state index contributed by atoms with van der Waals surface area (Å²) < 4.78 is 0. The second-order valence-electron chi connectivity index (χ2n) is 9.60. The number of hydrogen-bond acceptors (Lipinski definition) is 5. The summed E-state index contributed by atoms with van der Waals surface area (Å²) in [4.78, 5) is 16.8. The highest BCUT2D eigenvalue weighted by Crippen LogP contribution is 2.31. The molecule has 0 bridgehead atoms. The standard InChI is InChI=1S/C24H32N4O2/c1-24(2,3)18-7-11-20(12-8-18)25-19-9-5-17(6-10-19)13-28(30)23(29)16-27-15-21-22(27)14-26(21)4/h5-12,21-22,25,30H,13-16H2,1-4H3/t21?,22-/m1/s1. The van der Waals surface area contributed by atoms with Crippen LogP contribution in [0.2, 0.25) is 0 Å². The van der Waals surface area contributed by atoms with Crippen molar-refractivity contribution in [2.45, 2.75) is 44.8 Å². The molecule has 1 amide bonds. The molecule has 0 radical (unpaired) electrons. The number of anilines is 2. The van der Waals surface area contributed by atoms with E-state index in [1.165, 1.54) is 5.56 Å². The number of hydroxylamine groups is 2. The van der Waals surface area contributed by atoms with Crippen LogP contribution in [0.3, 0.4) is 0 Å². The van der Waals surface area contributed by atoms with Gasteiger partial charge >= 0.3 is 0 Å². The van der Waals surface area contributed by atoms with Gasteiger partial charge in [0.1, 0.15) is 0 Å². The van der Waals surface area contributed by atoms with E-state index in [0.717, 1.165) is 35.1 Å². The molecule has 2 aromatic rings. The van der Waals surface area contributed by atoms with Crippen molar-refractivity contribution in [3.8, 4) is 0 Å². The molecule has 160 valence electrons. The van der Waals surface area contributed by atoms with Crippen LogP contribution < -0.4 is 5.32 Å². The molecular formula is C24H32N4O2. The van der Waals surface area contributed by atoms with Crippen LogP contribution in [0.15, 0.2) is 48.5 Å². The second-order valence-corrected chi connectivity index (χ2v) is 9.60. The molecule has 2 aromatic carbocycles. The second kappa shape index (κ2) is 8.02. The van der Waals surface area contributed by atoms with Gasteiger partial charge in [-0.1, -0.05) is 45.0 Å². The number of piperazine rings is 1. The minimum absolute atomic E-state index is 0.138. The van der Waals surface area contributed by atoms with Crippen LogP contribution in [-0.4, -0.2) is 64.7 Å². The third-order valence-corrected chi connectivity index (χ3v) is 6.33. The molecule has 6 heteroatoms. The summed E-state index contributed by atoms with van der Waals surface area (Å²) in [5, 5.41) is 14.4. The molecule has 2 atom stereocenters. The fourth-order valence-corrected chi connectivity index (χ4v) is 4.18. The van der Waals surface area contributed by atoms with Crippen molar-refractivity contribution in [2.75, 3.05) is 32.0 Å². The van der Waals surface area contributed by atoms with Gasteiger partial charge in [-0.05, 0) is 47.9 Å². The number of amides is 1. The van der Waals surface area contributed by atoms with E-state index in [4.69, 9.17) is 0 Å². The summed E-state index contributed by atoms with van der Waals surface area (Å²) in [7, 11) is 2.11. The number of fused-ring (bicyclic) bond motifs is 1. The van der Waals surface area contributed by atoms with E-state index in [0.29, 0.717) is 12.1 Å². The van der Waals surface area contributed by atoms with Gasteiger partial charge in [0.05, 0.1) is 13.1 Å². The van der Waals surface area contributed by atoms with E-state index >= 15 is 0 Å². The Morgan fingerprint density at radius 2 is 1.63 bits per heavy atom. The first-order chi connectivity index (χ1) is 14.2. The molecule has 4 rings (SSSR count). The van der Waals surface area contributed by atoms with Gasteiger partial charge in [0, 0.05) is 36.5 Å². The molecule has 30 heavy (non-hydrogen) atoms. The van der Waals surface area contributed by atoms with Gasteiger partial charge in [-0.15, -0.1) is 0 Å². The van der Waals surface area contributed by atoms with Crippen molar-refractivity contribution in [3.63, 3.8) is 0 Å². The van der Waals surface area contributed by atoms with Gasteiger partial charge in [-0.3, -0.25) is 19.8 Å². The SMILES string of the molecule is CN1C[C@@H]2C1CN2CC(=O)N(O)Cc1ccc(Nc2ccc(C(C)(C)C)cc2)cc1. The van der Waals surface area contributed by atoms with Crippen LogP contribution in [0.5, 0.6) is 0 Å². The normalized spacial score (nSPS) is 21.4. The number of nitrogens with zero attached hydrogens (tertiary/aromatic N) is 3. The molecular weight excluding hydrogens is 376 g/mol. The Hall–Kier alpha value is -2.41. The Labute approximate surface area is 179 Å². The number of carbonyl (C=O) groups is 1. The van der Waals surface area contributed by atoms with Crippen LogP contribution in [-0.2, 0) is 16.8 Å². The fraction of sp³-hybridized carbons (Fsp3) is 0.458. The molecule has 2 aliphatic heterocycles. The zero-order valence-electron chi connectivity index (χ0n) is 18.3. The molecule has 6 nitrogen and oxygen atoms in total. The third-order valence-electron chi connectivity index (χ3n) is 6.33. The lowest BCUT2D eigenvalue weighted by Crippen LogP contribution is -2.78. The van der Waals surface area contributed by atoms with E-state index in [1.54, 1.807) is 0 Å². The van der Waals surface area contributed by atoms with Gasteiger partial charge in [0.2, 0.25) is 0 Å². The quantitative estimate of drug-likeness (QED) is 0.566. The van der Waals surface area contributed by atoms with E-state index in [1.807, 2.05) is 24.3 Å². The van der Waals surface area contributed by atoms with E-state index in [2.05, 4.69) is 67.2 Å². The predicted octanol–water partition coefficient (Wildman–Crippen LogP) is 3.44. The topological polar surface area (TPSA) is 59.0 Å². The number of hydrogen-bond donors (Lipinski definition) is 2. The lowest BCUT2D eigenvalue weighted by atomic mass is 9.86. The van der Waals surface area contributed by atoms with E-state index in [-0.39, 0.29) is 24.4 Å². The zero-order chi connectivity index (χ0) is 21.5. The molecule has 0 aromatic heterocycles. The molecule has 2 saturated heterocycles. The monoisotopic (exact) mass is 408 g/mol. The minimum Gasteiger partial charge on any atom is -0.356 e. The number of nitrogens with one attached hydrogen (secondary N) is 1. The van der Waals surface area contributed by atoms with Gasteiger partial charge in [-0.25, -0.2) is 5.06 Å². The zero-order valence-corrected chi connectivity index (χ0v) is 18.3. The first-order valence-electron chi connectivity index (χ1n) is 10.6. The molecule has 0 aliphatic carbocycles. The van der Waals surface area contributed by atoms with Crippen molar-refractivity contribution in [1.82, 2.24) is 14.9 Å². The number of benzene rings is 2. The highest BCUT2D eigenvalue weighted by Gasteiger charge is 2.50. The lowest BCUT2D eigenvalue weighted by molar-refractivity contribution is -0.178. The highest BCUT2D eigenvalue weighted by atomic mass is 16.5. The summed E-state index contributed by atoms with van der Waals surface area (Å²) in [5.41, 5.74) is 4.33. The number of carbonyl (C=O) groups excluding carboxylic acids is 1. The summed E-state index contributed by atoms with van der Waals surface area (Å²) >= 11 is 0. The Bertz CT molecular complexity index is 889. The van der Waals surface area contributed by atoms with Gasteiger partial charge in [0.15, 0.2) is 0 Å². The highest BCUT2D eigenvalue weighted by molar-refractivity contribution is 5.77. The van der Waals surface area contributed by atoms with Crippen molar-refractivity contribution in [3.05, 3.63) is 59.7 Å². The Morgan fingerprint density at radius 3 is 2.13 bits per heavy atom. The molecule has 2 aliphatic rings. The molecule has 0 saturated carbocycles. The van der Waals surface area contributed by atoms with Crippen LogP contribution in [0.25, 0.3) is 0 Å². The van der Waals surface area contributed by atoms with E-state index in [9.17, 15) is 10.0 Å². The lowest BCUT2D eigenvalue weighted by Gasteiger charge is -2.60. The first kappa shape index (κ1) is 20.8. The Morgan fingerprint density at radius 1 is 1.03 bits per heavy atom. The van der Waals surface area contributed by atoms with Crippen LogP contribution in [0.4, 0.5) is 11.4 Å². The average Bonchev–Trinajstić information content (AvgIpc) is 2.70. The van der Waals surface area contributed by atoms with Gasteiger partial charge in [0.25, 0.3) is 5.91 Å². The van der Waals surface area contributed by atoms with Crippen molar-refractivity contribution >= 4 is 17.3 Å². The van der Waals surface area contributed by atoms with E-state index < -0.39 is 0 Å². The minimum atomic E-state index is -0.246. The molecule has 2 heterocycles. The van der Waals surface area contributed by atoms with Crippen LogP contribution in [0.1, 0.15) is 31.9 Å². The van der Waals surface area contributed by atoms with Crippen molar-refractivity contribution in [1.29, 1.82) is 0 Å². The summed E-state index contributed by atoms with van der Waals surface area (Å²) in [6.45, 7) is 9.02. The maximum atomic E-state index is 12.3. The summed E-state index contributed by atoms with van der Waals surface area (Å²) in [6, 6.07) is 17.3. The average molecular weight is 409 g/mol. The summed E-state index contributed by atoms with van der Waals surface area (Å²) in [5.74, 6) is -0.246. The smallest absolute Gasteiger partial charge is 0.260 e. The molecule has 1 unspecified atom stereocenters. The van der Waals surface area contributed by atoms with Crippen molar-refractivity contribution in [2.24, 2.45) is 0 Å². The Balaban J connectivity index is 1.27. The molecule has 2 N–H and O–H groups in total. The molecule has 2 fully saturated rings. The maximum absolute atomic E-state index is 12.3. The number of likely N-dealkylation sites (N-methyl/N-ethyl adjacent to an activating group) is 1. The largest absolute Gasteiger partial charge is 0.356 e. The maximum Gasteiger partial charge on any atom is 0.260 e. The van der Waals surface area contributed by atoms with Gasteiger partial charge in [-0.2, -0.15) is 0 Å². The summed E-state index contributed by atoms with van der Waals surface area (Å²) in [6.07, 6.45) is 0. The fourth-order valence-electron chi connectivity index (χ4n) is 4.18. The molecule has 0 spiro atoms. The predicted molar refractivity (Wildman–Crippen MR) is 119 cm³/mol. The number of likely N-dealkylation sites (tertiary alicyclic amines) is 2. The third kappa shape index (κ3) is 4.36. The van der Waals surface area contributed by atoms with Crippen molar-refractivity contribution < 1.29 is 10.0 Å². The Kier molecular flexibility index (Phi) is 5.57.